The molecule has 0 saturated heterocycles. The van der Waals surface area contributed by atoms with Crippen LogP contribution >= 0.6 is 0 Å². The summed E-state index contributed by atoms with van der Waals surface area (Å²) in [5.74, 6) is -0.443. The summed E-state index contributed by atoms with van der Waals surface area (Å²) in [6.45, 7) is 3.18. The van der Waals surface area contributed by atoms with Crippen molar-refractivity contribution in [2.45, 2.75) is 0 Å². The number of nitrogens with one attached hydrogen (secondary N) is 1. The van der Waals surface area contributed by atoms with Crippen molar-refractivity contribution < 1.29 is 9.60 Å². The molecule has 0 aromatic carbocycles. The maximum absolute atomic E-state index is 12.0. The van der Waals surface area contributed by atoms with Gasteiger partial charge < -0.3 is 0 Å². The van der Waals surface area contributed by atoms with Gasteiger partial charge in [-0.25, -0.2) is 4.39 Å². The van der Waals surface area contributed by atoms with Gasteiger partial charge in [0.25, 0.3) is 0 Å². The Morgan fingerprint density at radius 3 is 2.78 bits per heavy atom. The summed E-state index contributed by atoms with van der Waals surface area (Å²) in [5.41, 5.74) is 1.72. The summed E-state index contributed by atoms with van der Waals surface area (Å²) >= 11 is 0. The Balaban J connectivity index is 3.68. The van der Waals surface area contributed by atoms with Crippen LogP contribution in [0.1, 0.15) is 0 Å². The molecule has 50 valence electrons. The van der Waals surface area contributed by atoms with Gasteiger partial charge in [0.1, 0.15) is 5.83 Å². The Kier molecular flexibility index (Phi) is 4.44. The topological polar surface area (TPSA) is 32.3 Å². The van der Waals surface area contributed by atoms with Crippen LogP contribution in [0.15, 0.2) is 36.8 Å². The minimum Gasteiger partial charge on any atom is -0.292 e. The molecule has 0 amide bonds. The molecule has 3 heteroatoms. The maximum Gasteiger partial charge on any atom is 0.122 e. The fraction of sp³-hybridized carbons (Fsp3) is 0. The lowest BCUT2D eigenvalue weighted by Gasteiger charge is -1.80. The highest BCUT2D eigenvalue weighted by Crippen LogP contribution is 1.94. The predicted molar refractivity (Wildman–Crippen MR) is 33.5 cm³/mol. The summed E-state index contributed by atoms with van der Waals surface area (Å²) in [7, 11) is 0. The first-order valence-electron chi connectivity index (χ1n) is 2.35. The summed E-state index contributed by atoms with van der Waals surface area (Å²) in [4.78, 5) is 0. The molecule has 0 spiro atoms. The van der Waals surface area contributed by atoms with Gasteiger partial charge in [0.05, 0.1) is 0 Å². The average molecular weight is 129 g/mol. The van der Waals surface area contributed by atoms with Gasteiger partial charge in [0.15, 0.2) is 0 Å². The second-order valence-corrected chi connectivity index (χ2v) is 1.24. The van der Waals surface area contributed by atoms with Crippen molar-refractivity contribution in [2.75, 3.05) is 0 Å². The quantitative estimate of drug-likeness (QED) is 0.447. The molecule has 2 N–H and O–H groups in total. The monoisotopic (exact) mass is 129 g/mol. The van der Waals surface area contributed by atoms with Gasteiger partial charge in [-0.2, -0.15) is 0 Å². The zero-order valence-corrected chi connectivity index (χ0v) is 4.84. The Hall–Kier alpha value is -1.09. The summed E-state index contributed by atoms with van der Waals surface area (Å²) in [6.07, 6.45) is 4.73. The summed E-state index contributed by atoms with van der Waals surface area (Å²) < 4.78 is 12.0. The fourth-order valence-electron chi connectivity index (χ4n) is 0.251. The third-order valence-corrected chi connectivity index (χ3v) is 0.621. The van der Waals surface area contributed by atoms with Crippen LogP contribution in [0.25, 0.3) is 0 Å². The molecule has 0 atom stereocenters. The van der Waals surface area contributed by atoms with Crippen LogP contribution < -0.4 is 5.48 Å². The van der Waals surface area contributed by atoms with Gasteiger partial charge in [0, 0.05) is 6.20 Å². The van der Waals surface area contributed by atoms with E-state index in [1.54, 1.807) is 5.48 Å². The van der Waals surface area contributed by atoms with Gasteiger partial charge >= 0.3 is 0 Å². The molecule has 0 saturated carbocycles. The molecule has 0 heterocycles. The van der Waals surface area contributed by atoms with Gasteiger partial charge in [-0.1, -0.05) is 6.58 Å². The number of hydrogen-bond acceptors (Lipinski definition) is 2. The van der Waals surface area contributed by atoms with Crippen LogP contribution in [0.5, 0.6) is 0 Å². The van der Waals surface area contributed by atoms with Crippen LogP contribution in [0.4, 0.5) is 4.39 Å². The largest absolute Gasteiger partial charge is 0.292 e. The highest BCUT2D eigenvalue weighted by Gasteiger charge is 1.77. The molecule has 0 aromatic heterocycles. The Morgan fingerprint density at radius 1 is 1.67 bits per heavy atom. The number of hydrogen-bond donors (Lipinski definition) is 2. The minimum absolute atomic E-state index is 0.443. The minimum atomic E-state index is -0.443. The highest BCUT2D eigenvalue weighted by atomic mass is 19.1. The molecule has 0 fully saturated rings. The molecule has 0 aliphatic rings. The summed E-state index contributed by atoms with van der Waals surface area (Å²) in [6, 6.07) is 0. The molecule has 0 aromatic rings. The molecule has 0 aliphatic heterocycles. The van der Waals surface area contributed by atoms with Crippen LogP contribution in [-0.4, -0.2) is 5.21 Å². The van der Waals surface area contributed by atoms with Crippen LogP contribution in [-0.2, 0) is 0 Å². The van der Waals surface area contributed by atoms with Crippen molar-refractivity contribution >= 4 is 0 Å². The van der Waals surface area contributed by atoms with E-state index in [4.69, 9.17) is 5.21 Å². The van der Waals surface area contributed by atoms with Gasteiger partial charge in [-0.3, -0.25) is 10.7 Å². The molecule has 0 bridgehead atoms. The maximum atomic E-state index is 12.0. The van der Waals surface area contributed by atoms with E-state index in [0.29, 0.717) is 0 Å². The highest BCUT2D eigenvalue weighted by molar-refractivity contribution is 5.14. The number of allylic oxidation sites excluding steroid dienone is 4. The Morgan fingerprint density at radius 2 is 2.33 bits per heavy atom. The molecule has 0 radical (unpaired) electrons. The normalized spacial score (nSPS) is 12.0. The van der Waals surface area contributed by atoms with E-state index in [2.05, 4.69) is 6.58 Å². The fourth-order valence-corrected chi connectivity index (χ4v) is 0.251. The number of halogens is 1. The summed E-state index contributed by atoms with van der Waals surface area (Å²) in [5, 5.41) is 7.94. The first kappa shape index (κ1) is 7.91. The first-order valence-corrected chi connectivity index (χ1v) is 2.35. The molecule has 2 nitrogen and oxygen atoms in total. The van der Waals surface area contributed by atoms with E-state index in [0.717, 1.165) is 12.2 Å². The molecular weight excluding hydrogens is 121 g/mol. The lowest BCUT2D eigenvalue weighted by molar-refractivity contribution is 0.214. The predicted octanol–water partition coefficient (Wildman–Crippen LogP) is 1.52. The molecule has 0 unspecified atom stereocenters. The lowest BCUT2D eigenvalue weighted by atomic mass is 10.4. The lowest BCUT2D eigenvalue weighted by Crippen LogP contribution is -1.91. The van der Waals surface area contributed by atoms with Gasteiger partial charge in [-0.05, 0) is 18.2 Å². The van der Waals surface area contributed by atoms with Crippen molar-refractivity contribution in [2.24, 2.45) is 0 Å². The Bertz CT molecular complexity index is 140. The third kappa shape index (κ3) is 4.77. The smallest absolute Gasteiger partial charge is 0.122 e. The third-order valence-electron chi connectivity index (χ3n) is 0.621. The Labute approximate surface area is 53.0 Å². The van der Waals surface area contributed by atoms with E-state index in [-0.39, 0.29) is 0 Å². The zero-order valence-electron chi connectivity index (χ0n) is 4.84. The van der Waals surface area contributed by atoms with Crippen molar-refractivity contribution in [3.63, 3.8) is 0 Å². The number of hydroxylamine groups is 1. The SMILES string of the molecule is C=C/C(F)=C\C=C/NO. The van der Waals surface area contributed by atoms with Crippen molar-refractivity contribution in [3.8, 4) is 0 Å². The van der Waals surface area contributed by atoms with Crippen molar-refractivity contribution in [1.29, 1.82) is 0 Å². The van der Waals surface area contributed by atoms with Crippen LogP contribution in [0.2, 0.25) is 0 Å². The van der Waals surface area contributed by atoms with Crippen molar-refractivity contribution in [3.05, 3.63) is 36.8 Å². The van der Waals surface area contributed by atoms with Crippen LogP contribution in [0.3, 0.4) is 0 Å². The van der Waals surface area contributed by atoms with Crippen molar-refractivity contribution in [1.82, 2.24) is 5.48 Å². The first-order chi connectivity index (χ1) is 4.31. The van der Waals surface area contributed by atoms with Gasteiger partial charge in [-0.15, -0.1) is 0 Å². The molecular formula is C6H8FNO. The van der Waals surface area contributed by atoms with E-state index in [1.165, 1.54) is 12.3 Å². The average Bonchev–Trinajstić information content (AvgIpc) is 1.89. The molecule has 0 rings (SSSR count). The van der Waals surface area contributed by atoms with E-state index < -0.39 is 5.83 Å². The zero-order chi connectivity index (χ0) is 7.11. The molecule has 0 aliphatic carbocycles. The van der Waals surface area contributed by atoms with E-state index in [1.807, 2.05) is 0 Å². The number of rotatable bonds is 3. The second kappa shape index (κ2) is 5.05. The van der Waals surface area contributed by atoms with E-state index in [9.17, 15) is 4.39 Å². The molecule has 9 heavy (non-hydrogen) atoms. The van der Waals surface area contributed by atoms with E-state index >= 15 is 0 Å². The second-order valence-electron chi connectivity index (χ2n) is 1.24. The standard InChI is InChI=1S/C6H8FNO/c1-2-6(7)4-3-5-8-9/h2-5,8-9H,1H2/b5-3-,6-4+. The van der Waals surface area contributed by atoms with Gasteiger partial charge in [0.2, 0.25) is 0 Å². The van der Waals surface area contributed by atoms with Crippen LogP contribution in [0, 0.1) is 0 Å².